The van der Waals surface area contributed by atoms with Crippen LogP contribution in [0.3, 0.4) is 0 Å². The van der Waals surface area contributed by atoms with E-state index in [2.05, 4.69) is 0 Å². The van der Waals surface area contributed by atoms with E-state index in [9.17, 15) is 71.5 Å². The number of phenolic OH excluding ortho intramolecular Hbond substituents is 2. The monoisotopic (exact) mass is 940 g/mol. The Hall–Kier alpha value is -5.18. The number of aliphatic hydroxyl groups excluding tert-OH is 12. The molecule has 21 nitrogen and oxygen atoms in total. The van der Waals surface area contributed by atoms with E-state index in [0.717, 1.165) is 0 Å². The van der Waals surface area contributed by atoms with Gasteiger partial charge in [0.2, 0.25) is 18.9 Å². The minimum absolute atomic E-state index is 0.0570. The van der Waals surface area contributed by atoms with Gasteiger partial charge >= 0.3 is 0 Å². The minimum atomic E-state index is -1.76. The van der Waals surface area contributed by atoms with Crippen molar-refractivity contribution < 1.29 is 105 Å². The normalized spacial score (nSPS) is 35.2. The highest BCUT2D eigenvalue weighted by Crippen LogP contribution is 2.54. The maximum atomic E-state index is 11.7. The van der Waals surface area contributed by atoms with Gasteiger partial charge in [-0.1, -0.05) is 36.4 Å². The summed E-state index contributed by atoms with van der Waals surface area (Å²) in [6.45, 7) is -1.97. The molecule has 4 aromatic rings. The first-order chi connectivity index (χ1) is 32.1. The SMILES string of the molecule is OC[C@H]1O[C@@H](Oc2ccc(/C=C/c3cc(O)c4c(c3)O[C@@H](c3ccc(O[C@@H]5O[C@H](CO)[C@@H](O)[C@H](O)[C@H]5O)cc3)[C@@H]4c3cc(O)cc(O[C@@H]4O[C@H](CO)[C@@H](O)[C@H](O)[C@H]4O)c3)cc2)[C@H](O)[C@@H](O)[C@@H]1O. The van der Waals surface area contributed by atoms with Crippen LogP contribution in [0.1, 0.15) is 39.8 Å². The Balaban J connectivity index is 1.07. The summed E-state index contributed by atoms with van der Waals surface area (Å²) in [6, 6.07) is 20.1. The van der Waals surface area contributed by atoms with Crippen molar-refractivity contribution in [3.05, 3.63) is 107 Å². The zero-order chi connectivity index (χ0) is 47.8. The van der Waals surface area contributed by atoms with Crippen molar-refractivity contribution >= 4 is 12.2 Å². The van der Waals surface area contributed by atoms with Crippen molar-refractivity contribution in [1.29, 1.82) is 0 Å². The van der Waals surface area contributed by atoms with Crippen LogP contribution in [0.5, 0.6) is 34.5 Å². The van der Waals surface area contributed by atoms with Gasteiger partial charge in [-0.2, -0.15) is 0 Å². The van der Waals surface area contributed by atoms with Gasteiger partial charge in [-0.3, -0.25) is 0 Å². The fraction of sp³-hybridized carbons (Fsp3) is 0.435. The van der Waals surface area contributed by atoms with Gasteiger partial charge in [0.15, 0.2) is 0 Å². The second-order valence-electron chi connectivity index (χ2n) is 16.6. The molecule has 8 rings (SSSR count). The molecule has 0 saturated carbocycles. The lowest BCUT2D eigenvalue weighted by Crippen LogP contribution is -2.60. The van der Waals surface area contributed by atoms with E-state index >= 15 is 0 Å². The lowest BCUT2D eigenvalue weighted by molar-refractivity contribution is -0.277. The number of aliphatic hydroxyl groups is 12. The molecule has 67 heavy (non-hydrogen) atoms. The fourth-order valence-electron chi connectivity index (χ4n) is 8.43. The third-order valence-corrected chi connectivity index (χ3v) is 12.1. The average Bonchev–Trinajstić information content (AvgIpc) is 3.72. The van der Waals surface area contributed by atoms with Crippen molar-refractivity contribution in [2.75, 3.05) is 19.8 Å². The van der Waals surface area contributed by atoms with Crippen LogP contribution in [0.15, 0.2) is 78.9 Å². The molecule has 4 aliphatic rings. The van der Waals surface area contributed by atoms with E-state index in [1.165, 1.54) is 36.4 Å². The molecule has 17 atom stereocenters. The highest BCUT2D eigenvalue weighted by Gasteiger charge is 2.47. The van der Waals surface area contributed by atoms with Crippen molar-refractivity contribution in [1.82, 2.24) is 0 Å². The number of aromatic hydroxyl groups is 2. The summed E-state index contributed by atoms with van der Waals surface area (Å²) in [5.41, 5.74) is 2.35. The molecule has 0 aromatic heterocycles. The maximum absolute atomic E-state index is 11.7. The van der Waals surface area contributed by atoms with Crippen LogP contribution in [-0.4, -0.2) is 183 Å². The van der Waals surface area contributed by atoms with Gasteiger partial charge < -0.3 is 105 Å². The Morgan fingerprint density at radius 3 is 1.37 bits per heavy atom. The number of phenols is 2. The third-order valence-electron chi connectivity index (χ3n) is 12.1. The summed E-state index contributed by atoms with van der Waals surface area (Å²) < 4.78 is 40.3. The molecule has 3 fully saturated rings. The van der Waals surface area contributed by atoms with E-state index in [-0.39, 0.29) is 34.5 Å². The number of hydrogen-bond donors (Lipinski definition) is 14. The van der Waals surface area contributed by atoms with E-state index in [4.69, 9.17) is 33.2 Å². The van der Waals surface area contributed by atoms with Gasteiger partial charge in [0.25, 0.3) is 0 Å². The molecule has 4 aromatic carbocycles. The lowest BCUT2D eigenvalue weighted by Gasteiger charge is -2.39. The van der Waals surface area contributed by atoms with Crippen molar-refractivity contribution in [3.8, 4) is 34.5 Å². The molecule has 4 heterocycles. The molecule has 0 aliphatic carbocycles. The van der Waals surface area contributed by atoms with E-state index in [0.29, 0.717) is 27.8 Å². The Morgan fingerprint density at radius 1 is 0.448 bits per heavy atom. The number of rotatable bonds is 13. The van der Waals surface area contributed by atoms with Crippen LogP contribution < -0.4 is 18.9 Å². The standard InChI is InChI=1S/C46H52O21/c47-16-29-34(52)37(55)40(58)44(65-29)61-24-7-3-19(4-8-24)1-2-20-11-27(51)33-28(12-20)64-43(21-5-9-25(10-6-21)62-45-41(59)38(56)35(53)30(17-48)66-45)32(33)22-13-23(50)15-26(14-22)63-46-42(60)39(57)36(54)31(18-49)67-46/h1-15,29-32,34-60H,16-18H2/b2-1+/t29-,30-,31-,32-,34-,35-,36-,37+,38+,39+,40-,41-,42-,43+,44-,45-,46-/m1/s1. The Bertz CT molecular complexity index is 2320. The molecule has 362 valence electrons. The van der Waals surface area contributed by atoms with Crippen molar-refractivity contribution in [2.24, 2.45) is 0 Å². The summed E-state index contributed by atoms with van der Waals surface area (Å²) in [5, 5.41) is 144. The second kappa shape index (κ2) is 20.2. The Labute approximate surface area is 381 Å². The van der Waals surface area contributed by atoms with Crippen LogP contribution in [0, 0.1) is 0 Å². The zero-order valence-electron chi connectivity index (χ0n) is 35.2. The quantitative estimate of drug-likeness (QED) is 0.0649. The van der Waals surface area contributed by atoms with Crippen LogP contribution in [-0.2, 0) is 14.2 Å². The predicted molar refractivity (Wildman–Crippen MR) is 226 cm³/mol. The van der Waals surface area contributed by atoms with Crippen LogP contribution in [0.25, 0.3) is 12.2 Å². The summed E-state index contributed by atoms with van der Waals surface area (Å²) in [5.74, 6) is -0.768. The molecule has 21 heteroatoms. The molecule has 4 aliphatic heterocycles. The highest BCUT2D eigenvalue weighted by molar-refractivity contribution is 5.73. The van der Waals surface area contributed by atoms with Gasteiger partial charge in [-0.05, 0) is 70.8 Å². The number of benzene rings is 4. The number of ether oxygens (including phenoxy) is 7. The summed E-state index contributed by atoms with van der Waals surface area (Å²) in [4.78, 5) is 0. The predicted octanol–water partition coefficient (Wildman–Crippen LogP) is -1.93. The van der Waals surface area contributed by atoms with Gasteiger partial charge in [-0.25, -0.2) is 0 Å². The number of hydrogen-bond acceptors (Lipinski definition) is 21. The van der Waals surface area contributed by atoms with Crippen LogP contribution in [0.4, 0.5) is 0 Å². The highest BCUT2D eigenvalue weighted by atomic mass is 16.7. The molecule has 0 bridgehead atoms. The Kier molecular flexibility index (Phi) is 14.6. The van der Waals surface area contributed by atoms with Gasteiger partial charge in [-0.15, -0.1) is 0 Å². The van der Waals surface area contributed by atoms with E-state index < -0.39 is 124 Å². The Morgan fingerprint density at radius 2 is 0.896 bits per heavy atom. The van der Waals surface area contributed by atoms with E-state index in [1.807, 2.05) is 0 Å². The zero-order valence-corrected chi connectivity index (χ0v) is 35.2. The summed E-state index contributed by atoms with van der Waals surface area (Å²) >= 11 is 0. The molecule has 0 amide bonds. The summed E-state index contributed by atoms with van der Waals surface area (Å²) in [6.07, 6.45) is -20.3. The van der Waals surface area contributed by atoms with Gasteiger partial charge in [0.05, 0.1) is 25.7 Å². The second-order valence-corrected chi connectivity index (χ2v) is 16.6. The molecule has 0 unspecified atom stereocenters. The third kappa shape index (κ3) is 9.90. The molecular formula is C46H52O21. The molecular weight excluding hydrogens is 888 g/mol. The first-order valence-corrected chi connectivity index (χ1v) is 21.3. The summed E-state index contributed by atoms with van der Waals surface area (Å²) in [7, 11) is 0. The smallest absolute Gasteiger partial charge is 0.229 e. The minimum Gasteiger partial charge on any atom is -0.508 e. The van der Waals surface area contributed by atoms with Crippen LogP contribution >= 0.6 is 0 Å². The first kappa shape index (κ1) is 48.3. The molecule has 3 saturated heterocycles. The first-order valence-electron chi connectivity index (χ1n) is 21.3. The molecule has 14 N–H and O–H groups in total. The topological polar surface area (TPSA) is 348 Å². The van der Waals surface area contributed by atoms with Crippen molar-refractivity contribution in [3.63, 3.8) is 0 Å². The molecule has 0 radical (unpaired) electrons. The van der Waals surface area contributed by atoms with Crippen LogP contribution in [0.2, 0.25) is 0 Å². The van der Waals surface area contributed by atoms with E-state index in [1.54, 1.807) is 54.6 Å². The molecule has 0 spiro atoms. The largest absolute Gasteiger partial charge is 0.508 e. The number of fused-ring (bicyclic) bond motifs is 1. The maximum Gasteiger partial charge on any atom is 0.229 e. The van der Waals surface area contributed by atoms with Gasteiger partial charge in [0.1, 0.15) is 114 Å². The lowest BCUT2D eigenvalue weighted by atomic mass is 9.84. The fourth-order valence-corrected chi connectivity index (χ4v) is 8.43. The van der Waals surface area contributed by atoms with Crippen molar-refractivity contribution in [2.45, 2.75) is 104 Å². The average molecular weight is 941 g/mol. The van der Waals surface area contributed by atoms with Gasteiger partial charge in [0, 0.05) is 11.6 Å².